The molecule has 1 aliphatic heterocycles. The summed E-state index contributed by atoms with van der Waals surface area (Å²) in [6, 6.07) is 12.8. The number of benzene rings is 1. The molecular formula is C18H23ClN4O2. The van der Waals surface area contributed by atoms with E-state index in [1.165, 1.54) is 10.7 Å². The molecule has 1 saturated heterocycles. The Kier molecular flexibility index (Phi) is 6.73. The smallest absolute Gasteiger partial charge is 0.267 e. The summed E-state index contributed by atoms with van der Waals surface area (Å²) >= 11 is 0. The molecule has 0 saturated carbocycles. The van der Waals surface area contributed by atoms with Gasteiger partial charge < -0.3 is 10.6 Å². The van der Waals surface area contributed by atoms with Crippen LogP contribution in [-0.2, 0) is 11.3 Å². The number of nitrogens with one attached hydrogen (secondary N) is 2. The lowest BCUT2D eigenvalue weighted by Crippen LogP contribution is -2.51. The van der Waals surface area contributed by atoms with Crippen LogP contribution < -0.4 is 16.2 Å². The van der Waals surface area contributed by atoms with E-state index in [1.807, 2.05) is 30.3 Å². The topological polar surface area (TPSA) is 76.0 Å². The summed E-state index contributed by atoms with van der Waals surface area (Å²) in [5.74, 6) is 0.242. The molecule has 0 radical (unpaired) electrons. The van der Waals surface area contributed by atoms with Crippen molar-refractivity contribution in [3.05, 3.63) is 52.8 Å². The Morgan fingerprint density at radius 3 is 2.76 bits per heavy atom. The Morgan fingerprint density at radius 2 is 2.04 bits per heavy atom. The Balaban J connectivity index is 0.00000225. The predicted molar refractivity (Wildman–Crippen MR) is 99.8 cm³/mol. The van der Waals surface area contributed by atoms with Crippen molar-refractivity contribution in [1.82, 2.24) is 20.4 Å². The molecule has 1 aliphatic rings. The molecule has 2 atom stereocenters. The summed E-state index contributed by atoms with van der Waals surface area (Å²) in [7, 11) is 0. The van der Waals surface area contributed by atoms with Gasteiger partial charge in [0.25, 0.3) is 5.56 Å². The Labute approximate surface area is 153 Å². The van der Waals surface area contributed by atoms with Crippen LogP contribution in [0.15, 0.2) is 47.3 Å². The van der Waals surface area contributed by atoms with Gasteiger partial charge in [0.1, 0.15) is 6.54 Å². The average Bonchev–Trinajstić information content (AvgIpc) is 2.60. The molecule has 2 heterocycles. The molecule has 2 aromatic rings. The maximum Gasteiger partial charge on any atom is 0.267 e. The van der Waals surface area contributed by atoms with E-state index in [4.69, 9.17) is 0 Å². The van der Waals surface area contributed by atoms with Crippen molar-refractivity contribution in [1.29, 1.82) is 0 Å². The minimum atomic E-state index is -0.278. The van der Waals surface area contributed by atoms with Crippen LogP contribution in [0.1, 0.15) is 13.3 Å². The lowest BCUT2D eigenvalue weighted by Gasteiger charge is -2.30. The zero-order chi connectivity index (χ0) is 16.9. The highest BCUT2D eigenvalue weighted by molar-refractivity contribution is 5.85. The van der Waals surface area contributed by atoms with Crippen molar-refractivity contribution in [2.24, 2.45) is 5.92 Å². The van der Waals surface area contributed by atoms with E-state index in [0.29, 0.717) is 11.6 Å². The first kappa shape index (κ1) is 19.1. The average molecular weight is 363 g/mol. The Hall–Kier alpha value is -2.18. The van der Waals surface area contributed by atoms with E-state index in [-0.39, 0.29) is 36.5 Å². The first-order valence-electron chi connectivity index (χ1n) is 8.27. The third kappa shape index (κ3) is 4.90. The number of rotatable bonds is 4. The van der Waals surface area contributed by atoms with Gasteiger partial charge in [-0.05, 0) is 24.9 Å². The number of halogens is 1. The normalized spacial score (nSPS) is 19.7. The van der Waals surface area contributed by atoms with Crippen LogP contribution in [0.3, 0.4) is 0 Å². The van der Waals surface area contributed by atoms with E-state index in [0.717, 1.165) is 25.1 Å². The highest BCUT2D eigenvalue weighted by atomic mass is 35.5. The van der Waals surface area contributed by atoms with Gasteiger partial charge in [0.2, 0.25) is 5.91 Å². The minimum Gasteiger partial charge on any atom is -0.350 e. The van der Waals surface area contributed by atoms with Crippen LogP contribution in [0.5, 0.6) is 0 Å². The highest BCUT2D eigenvalue weighted by Crippen LogP contribution is 2.14. The van der Waals surface area contributed by atoms with E-state index in [9.17, 15) is 9.59 Å². The van der Waals surface area contributed by atoms with Gasteiger partial charge in [-0.25, -0.2) is 4.68 Å². The fourth-order valence-corrected chi connectivity index (χ4v) is 2.90. The lowest BCUT2D eigenvalue weighted by atomic mass is 9.95. The second kappa shape index (κ2) is 8.78. The van der Waals surface area contributed by atoms with Gasteiger partial charge in [0.15, 0.2) is 0 Å². The zero-order valence-corrected chi connectivity index (χ0v) is 15.0. The second-order valence-electron chi connectivity index (χ2n) is 6.22. The number of carbonyl (C=O) groups is 1. The molecule has 0 bridgehead atoms. The Bertz CT molecular complexity index is 763. The fourth-order valence-electron chi connectivity index (χ4n) is 2.90. The zero-order valence-electron chi connectivity index (χ0n) is 14.1. The second-order valence-corrected chi connectivity index (χ2v) is 6.22. The molecule has 0 aliphatic carbocycles. The van der Waals surface area contributed by atoms with Gasteiger partial charge in [-0.15, -0.1) is 12.4 Å². The van der Waals surface area contributed by atoms with E-state index in [1.54, 1.807) is 6.07 Å². The molecule has 1 amide bonds. The largest absolute Gasteiger partial charge is 0.350 e. The van der Waals surface area contributed by atoms with Crippen molar-refractivity contribution in [3.8, 4) is 11.3 Å². The molecule has 134 valence electrons. The van der Waals surface area contributed by atoms with Crippen LogP contribution in [0.2, 0.25) is 0 Å². The lowest BCUT2D eigenvalue weighted by molar-refractivity contribution is -0.123. The van der Waals surface area contributed by atoms with Crippen molar-refractivity contribution < 1.29 is 4.79 Å². The van der Waals surface area contributed by atoms with Gasteiger partial charge in [0, 0.05) is 24.2 Å². The number of nitrogens with zero attached hydrogens (tertiary/aromatic N) is 2. The molecule has 2 unspecified atom stereocenters. The van der Waals surface area contributed by atoms with Gasteiger partial charge in [-0.1, -0.05) is 37.3 Å². The third-order valence-corrected chi connectivity index (χ3v) is 4.40. The number of hydrogen-bond acceptors (Lipinski definition) is 4. The maximum atomic E-state index is 12.3. The van der Waals surface area contributed by atoms with Crippen LogP contribution in [-0.4, -0.2) is 34.8 Å². The SMILES string of the molecule is CC1CCNCC1NC(=O)Cn1nc(-c2ccccc2)ccc1=O.Cl. The standard InChI is InChI=1S/C18H22N4O2.ClH/c1-13-9-10-19-11-16(13)20-17(23)12-22-18(24)8-7-15(21-22)14-5-3-2-4-6-14;/h2-8,13,16,19H,9-12H2,1H3,(H,20,23);1H. The van der Waals surface area contributed by atoms with E-state index in [2.05, 4.69) is 22.7 Å². The first-order chi connectivity index (χ1) is 11.6. The molecule has 1 fully saturated rings. The summed E-state index contributed by atoms with van der Waals surface area (Å²) in [4.78, 5) is 24.3. The van der Waals surface area contributed by atoms with Gasteiger partial charge >= 0.3 is 0 Å². The fraction of sp³-hybridized carbons (Fsp3) is 0.389. The van der Waals surface area contributed by atoms with Crippen LogP contribution in [0.4, 0.5) is 0 Å². The molecular weight excluding hydrogens is 340 g/mol. The monoisotopic (exact) mass is 362 g/mol. The number of hydrogen-bond donors (Lipinski definition) is 2. The molecule has 3 rings (SSSR count). The maximum absolute atomic E-state index is 12.3. The molecule has 6 nitrogen and oxygen atoms in total. The highest BCUT2D eigenvalue weighted by Gasteiger charge is 2.22. The third-order valence-electron chi connectivity index (χ3n) is 4.40. The molecule has 1 aromatic heterocycles. The van der Waals surface area contributed by atoms with E-state index < -0.39 is 0 Å². The molecule has 7 heteroatoms. The van der Waals surface area contributed by atoms with Crippen molar-refractivity contribution in [2.75, 3.05) is 13.1 Å². The first-order valence-corrected chi connectivity index (χ1v) is 8.27. The van der Waals surface area contributed by atoms with Crippen molar-refractivity contribution >= 4 is 18.3 Å². The molecule has 0 spiro atoms. The predicted octanol–water partition coefficient (Wildman–Crippen LogP) is 1.45. The summed E-state index contributed by atoms with van der Waals surface area (Å²) in [6.45, 7) is 3.81. The number of piperidine rings is 1. The molecule has 25 heavy (non-hydrogen) atoms. The van der Waals surface area contributed by atoms with Gasteiger partial charge in [0.05, 0.1) is 5.69 Å². The van der Waals surface area contributed by atoms with Crippen LogP contribution >= 0.6 is 12.4 Å². The molecule has 1 aromatic carbocycles. The molecule has 2 N–H and O–H groups in total. The Morgan fingerprint density at radius 1 is 1.28 bits per heavy atom. The summed E-state index contributed by atoms with van der Waals surface area (Å²) in [5, 5.41) is 10.6. The number of amides is 1. The summed E-state index contributed by atoms with van der Waals surface area (Å²) < 4.78 is 1.22. The summed E-state index contributed by atoms with van der Waals surface area (Å²) in [5.41, 5.74) is 1.31. The van der Waals surface area contributed by atoms with Gasteiger partial charge in [-0.2, -0.15) is 5.10 Å². The minimum absolute atomic E-state index is 0. The summed E-state index contributed by atoms with van der Waals surface area (Å²) in [6.07, 6.45) is 1.03. The number of carbonyl (C=O) groups excluding carboxylic acids is 1. The van der Waals surface area contributed by atoms with Crippen molar-refractivity contribution in [3.63, 3.8) is 0 Å². The quantitative estimate of drug-likeness (QED) is 0.863. The van der Waals surface area contributed by atoms with Crippen LogP contribution in [0, 0.1) is 5.92 Å². The number of aromatic nitrogens is 2. The van der Waals surface area contributed by atoms with Crippen LogP contribution in [0.25, 0.3) is 11.3 Å². The van der Waals surface area contributed by atoms with Crippen molar-refractivity contribution in [2.45, 2.75) is 25.9 Å². The van der Waals surface area contributed by atoms with E-state index >= 15 is 0 Å². The van der Waals surface area contributed by atoms with Gasteiger partial charge in [-0.3, -0.25) is 9.59 Å².